The van der Waals surface area contributed by atoms with Crippen LogP contribution >= 0.6 is 0 Å². The van der Waals surface area contributed by atoms with E-state index in [1.54, 1.807) is 24.3 Å². The number of ether oxygens (including phenoxy) is 1. The Bertz CT molecular complexity index is 428. The minimum atomic E-state index is -0.718. The molecule has 0 bridgehead atoms. The summed E-state index contributed by atoms with van der Waals surface area (Å²) in [6, 6.07) is 8.63. The Labute approximate surface area is 100.0 Å². The third-order valence-electron chi connectivity index (χ3n) is 2.88. The van der Waals surface area contributed by atoms with Crippen molar-refractivity contribution in [3.63, 3.8) is 0 Å². The first-order valence-electron chi connectivity index (χ1n) is 5.66. The monoisotopic (exact) mass is 233 g/mol. The van der Waals surface area contributed by atoms with E-state index in [-0.39, 0.29) is 17.7 Å². The van der Waals surface area contributed by atoms with Gasteiger partial charge in [0.05, 0.1) is 6.04 Å². The lowest BCUT2D eigenvalue weighted by atomic mass is 9.93. The van der Waals surface area contributed by atoms with Crippen LogP contribution in [0.1, 0.15) is 24.2 Å². The van der Waals surface area contributed by atoms with Crippen molar-refractivity contribution in [3.8, 4) is 0 Å². The summed E-state index contributed by atoms with van der Waals surface area (Å²) in [4.78, 5) is 23.4. The van der Waals surface area contributed by atoms with Crippen LogP contribution in [0, 0.1) is 5.92 Å². The fourth-order valence-corrected chi connectivity index (χ4v) is 1.93. The summed E-state index contributed by atoms with van der Waals surface area (Å²) in [7, 11) is 0. The summed E-state index contributed by atoms with van der Waals surface area (Å²) in [5.74, 6) is 0.00163. The van der Waals surface area contributed by atoms with Gasteiger partial charge in [-0.05, 0) is 5.92 Å². The SMILES string of the molecule is CC(C)[C@@H]1NC(=O)O[C@H]1C(=O)c1ccccc1. The van der Waals surface area contributed by atoms with E-state index in [9.17, 15) is 9.59 Å². The highest BCUT2D eigenvalue weighted by atomic mass is 16.6. The molecule has 4 nitrogen and oxygen atoms in total. The third kappa shape index (κ3) is 2.30. The largest absolute Gasteiger partial charge is 0.436 e. The van der Waals surface area contributed by atoms with Crippen LogP contribution in [0.15, 0.2) is 30.3 Å². The van der Waals surface area contributed by atoms with E-state index < -0.39 is 12.2 Å². The topological polar surface area (TPSA) is 55.4 Å². The maximum Gasteiger partial charge on any atom is 0.408 e. The number of nitrogens with one attached hydrogen (secondary N) is 1. The molecule has 1 fully saturated rings. The van der Waals surface area contributed by atoms with Gasteiger partial charge in [0.15, 0.2) is 6.10 Å². The van der Waals surface area contributed by atoms with Crippen LogP contribution in [0.2, 0.25) is 0 Å². The van der Waals surface area contributed by atoms with Gasteiger partial charge in [0, 0.05) is 5.56 Å². The highest BCUT2D eigenvalue weighted by molar-refractivity contribution is 6.02. The molecular formula is C13H15NO3. The summed E-state index contributed by atoms with van der Waals surface area (Å²) in [6.45, 7) is 3.90. The molecule has 1 aliphatic rings. The number of alkyl carbamates (subject to hydrolysis) is 1. The zero-order valence-electron chi connectivity index (χ0n) is 9.84. The van der Waals surface area contributed by atoms with Crippen LogP contribution in [0.4, 0.5) is 4.79 Å². The van der Waals surface area contributed by atoms with Gasteiger partial charge in [0.1, 0.15) is 0 Å². The van der Waals surface area contributed by atoms with Crippen LogP contribution in [0.3, 0.4) is 0 Å². The molecule has 17 heavy (non-hydrogen) atoms. The van der Waals surface area contributed by atoms with Crippen molar-refractivity contribution in [3.05, 3.63) is 35.9 Å². The van der Waals surface area contributed by atoms with Gasteiger partial charge in [-0.25, -0.2) is 4.79 Å². The number of carbonyl (C=O) groups is 2. The molecule has 1 amide bonds. The quantitative estimate of drug-likeness (QED) is 0.812. The summed E-state index contributed by atoms with van der Waals surface area (Å²) in [5, 5.41) is 2.67. The summed E-state index contributed by atoms with van der Waals surface area (Å²) < 4.78 is 5.05. The molecule has 2 atom stereocenters. The van der Waals surface area contributed by atoms with Crippen molar-refractivity contribution in [2.24, 2.45) is 5.92 Å². The minimum Gasteiger partial charge on any atom is -0.436 e. The van der Waals surface area contributed by atoms with Gasteiger partial charge in [-0.1, -0.05) is 44.2 Å². The number of hydrogen-bond acceptors (Lipinski definition) is 3. The zero-order chi connectivity index (χ0) is 12.4. The highest BCUT2D eigenvalue weighted by Gasteiger charge is 2.41. The van der Waals surface area contributed by atoms with Crippen molar-refractivity contribution >= 4 is 11.9 Å². The summed E-state index contributed by atoms with van der Waals surface area (Å²) in [6.07, 6.45) is -1.23. The molecule has 0 radical (unpaired) electrons. The Morgan fingerprint density at radius 3 is 2.53 bits per heavy atom. The van der Waals surface area contributed by atoms with Gasteiger partial charge in [0.2, 0.25) is 5.78 Å². The number of ketones is 1. The zero-order valence-corrected chi connectivity index (χ0v) is 9.84. The Kier molecular flexibility index (Phi) is 3.13. The molecular weight excluding hydrogens is 218 g/mol. The lowest BCUT2D eigenvalue weighted by Crippen LogP contribution is -2.40. The van der Waals surface area contributed by atoms with Crippen molar-refractivity contribution < 1.29 is 14.3 Å². The molecule has 0 spiro atoms. The average molecular weight is 233 g/mol. The number of benzene rings is 1. The van der Waals surface area contributed by atoms with Crippen LogP contribution in [0.5, 0.6) is 0 Å². The first kappa shape index (κ1) is 11.6. The first-order chi connectivity index (χ1) is 8.09. The molecule has 1 heterocycles. The number of amides is 1. The van der Waals surface area contributed by atoms with E-state index in [4.69, 9.17) is 4.74 Å². The Hall–Kier alpha value is -1.84. The molecule has 2 rings (SSSR count). The maximum absolute atomic E-state index is 12.2. The Morgan fingerprint density at radius 2 is 1.94 bits per heavy atom. The van der Waals surface area contributed by atoms with E-state index in [0.29, 0.717) is 5.56 Å². The fourth-order valence-electron chi connectivity index (χ4n) is 1.93. The number of Topliss-reactive ketones (excluding diaryl/α,β-unsaturated/α-hetero) is 1. The second kappa shape index (κ2) is 4.57. The predicted octanol–water partition coefficient (Wildman–Crippen LogP) is 2.00. The molecule has 0 saturated carbocycles. The van der Waals surface area contributed by atoms with Gasteiger partial charge >= 0.3 is 6.09 Å². The first-order valence-corrected chi connectivity index (χ1v) is 5.66. The van der Waals surface area contributed by atoms with Crippen molar-refractivity contribution in [2.75, 3.05) is 0 Å². The van der Waals surface area contributed by atoms with E-state index in [0.717, 1.165) is 0 Å². The second-order valence-corrected chi connectivity index (χ2v) is 4.47. The van der Waals surface area contributed by atoms with Gasteiger partial charge in [-0.2, -0.15) is 0 Å². The van der Waals surface area contributed by atoms with E-state index in [1.165, 1.54) is 0 Å². The number of carbonyl (C=O) groups excluding carboxylic acids is 2. The van der Waals surface area contributed by atoms with Crippen LogP contribution in [-0.2, 0) is 4.74 Å². The van der Waals surface area contributed by atoms with Gasteiger partial charge in [-0.15, -0.1) is 0 Å². The Morgan fingerprint density at radius 1 is 1.29 bits per heavy atom. The molecule has 1 aliphatic heterocycles. The highest BCUT2D eigenvalue weighted by Crippen LogP contribution is 2.20. The normalized spacial score (nSPS) is 23.4. The molecule has 0 unspecified atom stereocenters. The third-order valence-corrected chi connectivity index (χ3v) is 2.88. The van der Waals surface area contributed by atoms with Gasteiger partial charge in [-0.3, -0.25) is 4.79 Å². The molecule has 90 valence electrons. The summed E-state index contributed by atoms with van der Waals surface area (Å²) >= 11 is 0. The Balaban J connectivity index is 2.22. The second-order valence-electron chi connectivity index (χ2n) is 4.47. The minimum absolute atomic E-state index is 0.150. The van der Waals surface area contributed by atoms with E-state index >= 15 is 0 Å². The van der Waals surface area contributed by atoms with Crippen LogP contribution < -0.4 is 5.32 Å². The smallest absolute Gasteiger partial charge is 0.408 e. The van der Waals surface area contributed by atoms with Crippen molar-refractivity contribution in [1.82, 2.24) is 5.32 Å². The molecule has 1 N–H and O–H groups in total. The molecule has 1 aromatic rings. The fraction of sp³-hybridized carbons (Fsp3) is 0.385. The lowest BCUT2D eigenvalue weighted by molar-refractivity contribution is 0.0699. The van der Waals surface area contributed by atoms with Crippen LogP contribution in [0.25, 0.3) is 0 Å². The standard InChI is InChI=1S/C13H15NO3/c1-8(2)10-12(17-13(16)14-10)11(15)9-6-4-3-5-7-9/h3-8,10,12H,1-2H3,(H,14,16)/t10-,12+/m0/s1. The van der Waals surface area contributed by atoms with Crippen LogP contribution in [-0.4, -0.2) is 24.0 Å². The van der Waals surface area contributed by atoms with E-state index in [2.05, 4.69) is 5.32 Å². The number of rotatable bonds is 3. The maximum atomic E-state index is 12.2. The molecule has 0 aromatic heterocycles. The average Bonchev–Trinajstić information content (AvgIpc) is 2.72. The van der Waals surface area contributed by atoms with Gasteiger partial charge < -0.3 is 10.1 Å². The molecule has 4 heteroatoms. The number of cyclic esters (lactones) is 1. The van der Waals surface area contributed by atoms with Crippen molar-refractivity contribution in [1.29, 1.82) is 0 Å². The summed E-state index contributed by atoms with van der Waals surface area (Å²) in [5.41, 5.74) is 0.569. The molecule has 1 aromatic carbocycles. The van der Waals surface area contributed by atoms with E-state index in [1.807, 2.05) is 19.9 Å². The molecule has 1 saturated heterocycles. The predicted molar refractivity (Wildman–Crippen MR) is 62.8 cm³/mol. The number of hydrogen-bond donors (Lipinski definition) is 1. The lowest BCUT2D eigenvalue weighted by Gasteiger charge is -2.18. The van der Waals surface area contributed by atoms with Crippen molar-refractivity contribution in [2.45, 2.75) is 26.0 Å². The molecule has 0 aliphatic carbocycles. The van der Waals surface area contributed by atoms with Gasteiger partial charge in [0.25, 0.3) is 0 Å².